The molecule has 4 heteroatoms. The van der Waals surface area contributed by atoms with Gasteiger partial charge >= 0.3 is 0 Å². The molecule has 0 radical (unpaired) electrons. The van der Waals surface area contributed by atoms with Gasteiger partial charge in [-0.15, -0.1) is 0 Å². The zero-order valence-corrected chi connectivity index (χ0v) is 12.3. The van der Waals surface area contributed by atoms with E-state index in [-0.39, 0.29) is 5.91 Å². The number of nitrogens with two attached hydrogens (primary N) is 1. The summed E-state index contributed by atoms with van der Waals surface area (Å²) in [5.74, 6) is 0.632. The molecule has 4 nitrogen and oxygen atoms in total. The highest BCUT2D eigenvalue weighted by atomic mass is 16.2. The van der Waals surface area contributed by atoms with Crippen LogP contribution in [0, 0.1) is 5.92 Å². The molecule has 2 unspecified atom stereocenters. The minimum absolute atomic E-state index is 0.177. The summed E-state index contributed by atoms with van der Waals surface area (Å²) in [6, 6.07) is 6.02. The smallest absolute Gasteiger partial charge is 0.228 e. The molecule has 1 amide bonds. The first-order chi connectivity index (χ1) is 9.76. The van der Waals surface area contributed by atoms with Crippen molar-refractivity contribution >= 4 is 5.91 Å². The third kappa shape index (κ3) is 3.57. The largest absolute Gasteiger partial charge is 0.339 e. The van der Waals surface area contributed by atoms with E-state index in [1.165, 1.54) is 12.8 Å². The number of likely N-dealkylation sites (N-methyl/N-ethyl adjacent to an activating group) is 1. The first-order valence-corrected chi connectivity index (χ1v) is 7.65. The Morgan fingerprint density at radius 2 is 2.20 bits per heavy atom. The lowest BCUT2D eigenvalue weighted by Gasteiger charge is -2.39. The summed E-state index contributed by atoms with van der Waals surface area (Å²) in [4.78, 5) is 18.8. The Labute approximate surface area is 121 Å². The van der Waals surface area contributed by atoms with E-state index in [0.717, 1.165) is 25.1 Å². The van der Waals surface area contributed by atoms with E-state index in [9.17, 15) is 4.79 Å². The number of hydrogen-bond donors (Lipinski definition) is 1. The van der Waals surface area contributed by atoms with Crippen molar-refractivity contribution in [2.75, 3.05) is 13.1 Å². The van der Waals surface area contributed by atoms with E-state index in [1.54, 1.807) is 6.20 Å². The minimum Gasteiger partial charge on any atom is -0.339 e. The number of carbonyl (C=O) groups excluding carboxylic acids is 1. The van der Waals surface area contributed by atoms with Crippen LogP contribution < -0.4 is 5.73 Å². The number of pyridine rings is 1. The number of carbonyl (C=O) groups is 1. The number of nitrogens with zero attached hydrogens (tertiary/aromatic N) is 2. The zero-order valence-electron chi connectivity index (χ0n) is 12.3. The molecule has 1 saturated carbocycles. The fraction of sp³-hybridized carbons (Fsp3) is 0.625. The molecule has 20 heavy (non-hydrogen) atoms. The van der Waals surface area contributed by atoms with Gasteiger partial charge in [-0.1, -0.05) is 18.9 Å². The van der Waals surface area contributed by atoms with Gasteiger partial charge in [-0.2, -0.15) is 0 Å². The Balaban J connectivity index is 2.04. The van der Waals surface area contributed by atoms with E-state index < -0.39 is 0 Å². The second kappa shape index (κ2) is 7.39. The van der Waals surface area contributed by atoms with Crippen LogP contribution in [-0.4, -0.2) is 34.9 Å². The normalized spacial score (nSPS) is 22.5. The van der Waals surface area contributed by atoms with Crippen LogP contribution in [0.1, 0.15) is 38.3 Å². The topological polar surface area (TPSA) is 59.2 Å². The summed E-state index contributed by atoms with van der Waals surface area (Å²) in [6.07, 6.45) is 6.81. The van der Waals surface area contributed by atoms with Crippen LogP contribution in [0.3, 0.4) is 0 Å². The first-order valence-electron chi connectivity index (χ1n) is 7.65. The maximum atomic E-state index is 12.5. The van der Waals surface area contributed by atoms with Gasteiger partial charge in [0.25, 0.3) is 0 Å². The van der Waals surface area contributed by atoms with Crippen molar-refractivity contribution in [3.8, 4) is 0 Å². The fourth-order valence-electron chi connectivity index (χ4n) is 3.23. The zero-order chi connectivity index (χ0) is 14.4. The van der Waals surface area contributed by atoms with E-state index in [1.807, 2.05) is 23.1 Å². The summed E-state index contributed by atoms with van der Waals surface area (Å²) < 4.78 is 0. The molecule has 2 atom stereocenters. The highest BCUT2D eigenvalue weighted by Gasteiger charge is 2.31. The lowest BCUT2D eigenvalue weighted by Crippen LogP contribution is -2.48. The SMILES string of the molecule is CCN(C(=O)Cc1ccccn1)C1CCCCC1CN. The Morgan fingerprint density at radius 1 is 1.40 bits per heavy atom. The van der Waals surface area contributed by atoms with Gasteiger partial charge in [-0.05, 0) is 44.4 Å². The molecule has 0 bridgehead atoms. The summed E-state index contributed by atoms with van der Waals surface area (Å²) >= 11 is 0. The van der Waals surface area contributed by atoms with Gasteiger partial charge in [-0.25, -0.2) is 0 Å². The van der Waals surface area contributed by atoms with Crippen molar-refractivity contribution in [3.63, 3.8) is 0 Å². The van der Waals surface area contributed by atoms with E-state index in [4.69, 9.17) is 5.73 Å². The molecule has 2 N–H and O–H groups in total. The van der Waals surface area contributed by atoms with Crippen LogP contribution >= 0.6 is 0 Å². The first kappa shape index (κ1) is 15.0. The summed E-state index contributed by atoms with van der Waals surface area (Å²) in [5.41, 5.74) is 6.73. The van der Waals surface area contributed by atoms with Crippen molar-refractivity contribution in [1.29, 1.82) is 0 Å². The van der Waals surface area contributed by atoms with Gasteiger partial charge < -0.3 is 10.6 Å². The molecule has 0 saturated heterocycles. The lowest BCUT2D eigenvalue weighted by molar-refractivity contribution is -0.134. The summed E-state index contributed by atoms with van der Waals surface area (Å²) in [7, 11) is 0. The fourth-order valence-corrected chi connectivity index (χ4v) is 3.23. The Kier molecular flexibility index (Phi) is 5.53. The molecular weight excluding hydrogens is 250 g/mol. The Bertz CT molecular complexity index is 421. The van der Waals surface area contributed by atoms with Gasteiger partial charge in [0.1, 0.15) is 0 Å². The van der Waals surface area contributed by atoms with Crippen molar-refractivity contribution in [2.45, 2.75) is 45.1 Å². The molecule has 1 aliphatic carbocycles. The molecule has 1 aromatic heterocycles. The average molecular weight is 275 g/mol. The molecule has 1 fully saturated rings. The van der Waals surface area contributed by atoms with Crippen molar-refractivity contribution in [1.82, 2.24) is 9.88 Å². The van der Waals surface area contributed by atoms with Gasteiger partial charge in [0, 0.05) is 24.5 Å². The lowest BCUT2D eigenvalue weighted by atomic mass is 9.83. The minimum atomic E-state index is 0.177. The summed E-state index contributed by atoms with van der Waals surface area (Å²) in [6.45, 7) is 3.49. The van der Waals surface area contributed by atoms with Crippen molar-refractivity contribution in [3.05, 3.63) is 30.1 Å². The molecule has 0 spiro atoms. The quantitative estimate of drug-likeness (QED) is 0.894. The Hall–Kier alpha value is -1.42. The second-order valence-corrected chi connectivity index (χ2v) is 5.53. The molecular formula is C16H25N3O. The molecule has 0 aliphatic heterocycles. The molecule has 1 heterocycles. The van der Waals surface area contributed by atoms with E-state index in [2.05, 4.69) is 11.9 Å². The van der Waals surface area contributed by atoms with Crippen LogP contribution in [0.2, 0.25) is 0 Å². The van der Waals surface area contributed by atoms with Crippen LogP contribution in [0.15, 0.2) is 24.4 Å². The van der Waals surface area contributed by atoms with Crippen molar-refractivity contribution in [2.24, 2.45) is 11.7 Å². The van der Waals surface area contributed by atoms with Crippen LogP contribution in [0.4, 0.5) is 0 Å². The number of rotatable bonds is 5. The standard InChI is InChI=1S/C16H25N3O/c1-2-19(15-9-4-3-7-13(15)12-17)16(20)11-14-8-5-6-10-18-14/h5-6,8,10,13,15H,2-4,7,9,11-12,17H2,1H3. The molecule has 1 aliphatic rings. The molecule has 0 aromatic carbocycles. The third-order valence-corrected chi connectivity index (χ3v) is 4.29. The highest BCUT2D eigenvalue weighted by Crippen LogP contribution is 2.28. The third-order valence-electron chi connectivity index (χ3n) is 4.29. The van der Waals surface area contributed by atoms with E-state index >= 15 is 0 Å². The maximum Gasteiger partial charge on any atom is 0.228 e. The van der Waals surface area contributed by atoms with E-state index in [0.29, 0.717) is 24.9 Å². The average Bonchev–Trinajstić information content (AvgIpc) is 2.49. The number of amides is 1. The number of aromatic nitrogens is 1. The monoisotopic (exact) mass is 275 g/mol. The van der Waals surface area contributed by atoms with Gasteiger partial charge in [0.05, 0.1) is 6.42 Å². The highest BCUT2D eigenvalue weighted by molar-refractivity contribution is 5.78. The van der Waals surface area contributed by atoms with Gasteiger partial charge in [0.2, 0.25) is 5.91 Å². The van der Waals surface area contributed by atoms with Crippen LogP contribution in [0.5, 0.6) is 0 Å². The van der Waals surface area contributed by atoms with Crippen molar-refractivity contribution < 1.29 is 4.79 Å². The number of hydrogen-bond acceptors (Lipinski definition) is 3. The Morgan fingerprint density at radius 3 is 2.85 bits per heavy atom. The predicted octanol–water partition coefficient (Wildman–Crippen LogP) is 1.99. The predicted molar refractivity (Wildman–Crippen MR) is 80.1 cm³/mol. The molecule has 110 valence electrons. The molecule has 1 aromatic rings. The van der Waals surface area contributed by atoms with Gasteiger partial charge in [-0.3, -0.25) is 9.78 Å². The van der Waals surface area contributed by atoms with Crippen LogP contribution in [-0.2, 0) is 11.2 Å². The second-order valence-electron chi connectivity index (χ2n) is 5.53. The van der Waals surface area contributed by atoms with Crippen LogP contribution in [0.25, 0.3) is 0 Å². The summed E-state index contributed by atoms with van der Waals surface area (Å²) in [5, 5.41) is 0. The maximum absolute atomic E-state index is 12.5. The van der Waals surface area contributed by atoms with Gasteiger partial charge in [0.15, 0.2) is 0 Å². The molecule has 2 rings (SSSR count).